The molecule has 8 rings (SSSR count). The number of fused-ring (bicyclic) bond motifs is 3. The van der Waals surface area contributed by atoms with E-state index in [-0.39, 0.29) is 37.7 Å². The van der Waals surface area contributed by atoms with E-state index in [0.29, 0.717) is 22.4 Å². The Morgan fingerprint density at radius 1 is 0.847 bits per heavy atom. The topological polar surface area (TPSA) is 152 Å². The Morgan fingerprint density at radius 3 is 2.24 bits per heavy atom. The third-order valence-electron chi connectivity index (χ3n) is 11.6. The van der Waals surface area contributed by atoms with Gasteiger partial charge in [0.25, 0.3) is 0 Å². The van der Waals surface area contributed by atoms with Crippen LogP contribution in [0.4, 0.5) is 10.5 Å². The number of nitrogens with zero attached hydrogens (tertiary/aromatic N) is 2. The monoisotopic (exact) mass is 796 g/mol. The number of aliphatic hydroxyl groups is 1. The number of carbonyl (C=O) groups excluding carboxylic acids is 3. The summed E-state index contributed by atoms with van der Waals surface area (Å²) in [6.07, 6.45) is 4.06. The minimum Gasteiger partial charge on any atom is -0.491 e. The maximum atomic E-state index is 15.8. The average Bonchev–Trinajstić information content (AvgIpc) is 3.72. The lowest BCUT2D eigenvalue weighted by Crippen LogP contribution is -2.53. The lowest BCUT2D eigenvalue weighted by Gasteiger charge is -2.46. The molecule has 2 fully saturated rings. The zero-order valence-corrected chi connectivity index (χ0v) is 32.5. The lowest BCUT2D eigenvalue weighted by atomic mass is 9.65. The second-order valence-corrected chi connectivity index (χ2v) is 14.9. The van der Waals surface area contributed by atoms with Crippen molar-refractivity contribution < 1.29 is 48.3 Å². The number of carboxylic acids is 1. The number of esters is 1. The van der Waals surface area contributed by atoms with E-state index in [9.17, 15) is 24.6 Å². The van der Waals surface area contributed by atoms with Crippen molar-refractivity contribution in [1.29, 1.82) is 0 Å². The van der Waals surface area contributed by atoms with Crippen LogP contribution in [0.25, 0.3) is 0 Å². The SMILES string of the molecule is COCCOC(=O)N1C(=O)[C@@]2(c3cc(C#CC4=CCCCC4)ccc31)[C@H](c1ccc(OCCO)cc1)N1[C@H](c3ccccc3)[C@H](c3ccccc3)OC(=O)[C@H]1[C@@H]2C(=O)O. The predicted molar refractivity (Wildman–Crippen MR) is 215 cm³/mol. The Balaban J connectivity index is 1.41. The number of imide groups is 1. The van der Waals surface area contributed by atoms with Crippen molar-refractivity contribution in [2.24, 2.45) is 5.92 Å². The fourth-order valence-electron chi connectivity index (χ4n) is 9.24. The van der Waals surface area contributed by atoms with E-state index in [1.807, 2.05) is 65.6 Å². The van der Waals surface area contributed by atoms with Crippen LogP contribution in [0.2, 0.25) is 0 Å². The van der Waals surface area contributed by atoms with Crippen LogP contribution in [0.15, 0.2) is 115 Å². The standard InChI is InChI=1S/C47H44N2O10/c1-56-27-28-58-46(55)48-37-24-19-31(18-17-30-11-5-2-6-12-30)29-36(37)47(45(48)54)38(43(51)52)40-44(53)59-41(33-15-9-4-10-16-33)39(32-13-7-3-8-14-32)49(40)42(47)34-20-22-35(23-21-34)57-26-25-50/h3-4,7-11,13-16,19-24,29,38-42,50H,2,5-6,12,25-28H2,1H3,(H,51,52)/t38-,39-,40-,41+,42+,47-/m1/s1. The summed E-state index contributed by atoms with van der Waals surface area (Å²) in [5, 5.41) is 21.0. The Bertz CT molecular complexity index is 2320. The Morgan fingerprint density at radius 2 is 1.58 bits per heavy atom. The maximum Gasteiger partial charge on any atom is 0.421 e. The number of hydrogen-bond donors (Lipinski definition) is 2. The number of methoxy groups -OCH3 is 1. The van der Waals surface area contributed by atoms with Crippen LogP contribution >= 0.6 is 0 Å². The molecule has 302 valence electrons. The van der Waals surface area contributed by atoms with Gasteiger partial charge in [0.15, 0.2) is 0 Å². The van der Waals surface area contributed by atoms with Crippen LogP contribution in [0, 0.1) is 17.8 Å². The van der Waals surface area contributed by atoms with E-state index in [1.54, 1.807) is 42.5 Å². The fraction of sp³-hybridized carbons (Fsp3) is 0.319. The number of hydrogen-bond acceptors (Lipinski definition) is 10. The van der Waals surface area contributed by atoms with Gasteiger partial charge in [0.1, 0.15) is 42.4 Å². The molecule has 0 radical (unpaired) electrons. The number of rotatable bonds is 10. The first-order chi connectivity index (χ1) is 28.8. The largest absolute Gasteiger partial charge is 0.491 e. The van der Waals surface area contributed by atoms with Crippen molar-refractivity contribution in [1.82, 2.24) is 4.90 Å². The molecule has 0 bridgehead atoms. The van der Waals surface area contributed by atoms with Gasteiger partial charge in [-0.1, -0.05) is 90.7 Å². The van der Waals surface area contributed by atoms with E-state index >= 15 is 4.79 Å². The van der Waals surface area contributed by atoms with Gasteiger partial charge in [-0.2, -0.15) is 0 Å². The molecule has 2 N–H and O–H groups in total. The molecule has 2 saturated heterocycles. The molecule has 6 atom stereocenters. The predicted octanol–water partition coefficient (Wildman–Crippen LogP) is 6.44. The van der Waals surface area contributed by atoms with Crippen LogP contribution in [0.1, 0.15) is 71.7 Å². The summed E-state index contributed by atoms with van der Waals surface area (Å²) >= 11 is 0. The smallest absolute Gasteiger partial charge is 0.421 e. The Labute approximate surface area is 341 Å². The third kappa shape index (κ3) is 7.05. The molecule has 0 aromatic heterocycles. The number of benzene rings is 4. The Kier molecular flexibility index (Phi) is 11.3. The number of anilines is 1. The molecule has 3 heterocycles. The highest BCUT2D eigenvalue weighted by Gasteiger charge is 2.76. The number of ether oxygens (including phenoxy) is 4. The Hall–Kier alpha value is -6.26. The van der Waals surface area contributed by atoms with Gasteiger partial charge in [-0.15, -0.1) is 0 Å². The minimum absolute atomic E-state index is 0.0371. The first-order valence-electron chi connectivity index (χ1n) is 19.8. The van der Waals surface area contributed by atoms with Gasteiger partial charge in [-0.3, -0.25) is 19.3 Å². The first-order valence-corrected chi connectivity index (χ1v) is 19.8. The van der Waals surface area contributed by atoms with Crippen LogP contribution in [0.3, 0.4) is 0 Å². The molecule has 1 aliphatic carbocycles. The molecule has 59 heavy (non-hydrogen) atoms. The van der Waals surface area contributed by atoms with Gasteiger partial charge >= 0.3 is 18.0 Å². The zero-order chi connectivity index (χ0) is 41.1. The zero-order valence-electron chi connectivity index (χ0n) is 32.5. The molecular formula is C47H44N2O10. The average molecular weight is 797 g/mol. The van der Waals surface area contributed by atoms with Crippen LogP contribution in [-0.4, -0.2) is 78.6 Å². The summed E-state index contributed by atoms with van der Waals surface area (Å²) in [5.74, 6) is 2.07. The van der Waals surface area contributed by atoms with Crippen molar-refractivity contribution in [3.63, 3.8) is 0 Å². The van der Waals surface area contributed by atoms with Crippen LogP contribution in [0.5, 0.6) is 5.75 Å². The van der Waals surface area contributed by atoms with E-state index in [0.717, 1.165) is 41.7 Å². The third-order valence-corrected chi connectivity index (χ3v) is 11.6. The number of aliphatic hydroxyl groups excluding tert-OH is 1. The van der Waals surface area contributed by atoms with Crippen molar-refractivity contribution in [3.05, 3.63) is 143 Å². The quantitative estimate of drug-likeness (QED) is 0.104. The molecular weight excluding hydrogens is 753 g/mol. The highest BCUT2D eigenvalue weighted by molar-refractivity contribution is 6.23. The number of amides is 2. The number of carbonyl (C=O) groups is 4. The molecule has 4 aromatic rings. The highest BCUT2D eigenvalue weighted by Crippen LogP contribution is 2.66. The van der Waals surface area contributed by atoms with Crippen LogP contribution in [-0.2, 0) is 34.0 Å². The van der Waals surface area contributed by atoms with Crippen molar-refractivity contribution in [2.75, 3.05) is 38.4 Å². The molecule has 3 aliphatic heterocycles. The van der Waals surface area contributed by atoms with Crippen molar-refractivity contribution >= 4 is 29.6 Å². The van der Waals surface area contributed by atoms with Gasteiger partial charge in [0.05, 0.1) is 31.0 Å². The van der Waals surface area contributed by atoms with Crippen LogP contribution < -0.4 is 9.64 Å². The minimum atomic E-state index is -2.11. The summed E-state index contributed by atoms with van der Waals surface area (Å²) in [6, 6.07) is 26.8. The molecule has 12 heteroatoms. The second-order valence-electron chi connectivity index (χ2n) is 14.9. The fourth-order valence-corrected chi connectivity index (χ4v) is 9.24. The van der Waals surface area contributed by atoms with E-state index in [1.165, 1.54) is 7.11 Å². The number of morpholine rings is 1. The summed E-state index contributed by atoms with van der Waals surface area (Å²) in [7, 11) is 1.45. The molecule has 2 amide bonds. The van der Waals surface area contributed by atoms with E-state index in [4.69, 9.17) is 18.9 Å². The normalized spacial score (nSPS) is 24.7. The van der Waals surface area contributed by atoms with Gasteiger partial charge < -0.3 is 29.2 Å². The van der Waals surface area contributed by atoms with Gasteiger partial charge in [-0.25, -0.2) is 9.69 Å². The summed E-state index contributed by atoms with van der Waals surface area (Å²) in [4.78, 5) is 61.5. The van der Waals surface area contributed by atoms with Gasteiger partial charge in [0.2, 0.25) is 5.91 Å². The van der Waals surface area contributed by atoms with Gasteiger partial charge in [-0.05, 0) is 83.8 Å². The second kappa shape index (κ2) is 16.9. The van der Waals surface area contributed by atoms with E-state index in [2.05, 4.69) is 17.9 Å². The van der Waals surface area contributed by atoms with Crippen molar-refractivity contribution in [3.8, 4) is 17.6 Å². The lowest BCUT2D eigenvalue weighted by molar-refractivity contribution is -0.179. The first kappa shape index (κ1) is 39.6. The molecule has 0 unspecified atom stereocenters. The number of cyclic esters (lactones) is 1. The molecule has 12 nitrogen and oxygen atoms in total. The molecule has 4 aromatic carbocycles. The molecule has 4 aliphatic rings. The maximum absolute atomic E-state index is 15.8. The summed E-state index contributed by atoms with van der Waals surface area (Å²) in [5.41, 5.74) is 1.60. The highest BCUT2D eigenvalue weighted by atomic mass is 16.6. The number of carboxylic acid groups (broad SMARTS) is 1. The number of aliphatic carboxylic acids is 1. The summed E-state index contributed by atoms with van der Waals surface area (Å²) < 4.78 is 22.7. The van der Waals surface area contributed by atoms with Gasteiger partial charge in [0, 0.05) is 12.7 Å². The van der Waals surface area contributed by atoms with Crippen molar-refractivity contribution in [2.45, 2.75) is 55.3 Å². The van der Waals surface area contributed by atoms with E-state index < -0.39 is 59.5 Å². The summed E-state index contributed by atoms with van der Waals surface area (Å²) in [6.45, 7) is -0.288. The molecule has 1 spiro atoms. The number of allylic oxidation sites excluding steroid dienone is 2. The molecule has 0 saturated carbocycles.